The number of rotatable bonds is 2. The van der Waals surface area contributed by atoms with Crippen LogP contribution in [-0.2, 0) is 0 Å². The molecule has 2 rings (SSSR count). The molecule has 0 aromatic carbocycles. The largest absolute Gasteiger partial charge is 0.359 e. The van der Waals surface area contributed by atoms with Gasteiger partial charge >= 0.3 is 0 Å². The lowest BCUT2D eigenvalue weighted by Crippen LogP contribution is -1.99. The van der Waals surface area contributed by atoms with Gasteiger partial charge in [0.2, 0.25) is 5.95 Å². The first-order valence-electron chi connectivity index (χ1n) is 3.87. The van der Waals surface area contributed by atoms with Crippen LogP contribution in [0.25, 0.3) is 11.0 Å². The monoisotopic (exact) mass is 175 g/mol. The number of aromatic amines is 1. The summed E-state index contributed by atoms with van der Waals surface area (Å²) in [4.78, 5) is 15.1. The van der Waals surface area contributed by atoms with Crippen LogP contribution in [0.1, 0.15) is 0 Å². The smallest absolute Gasteiger partial charge is 0.228 e. The van der Waals surface area contributed by atoms with Crippen LogP contribution in [0.2, 0.25) is 0 Å². The Morgan fingerprint density at radius 1 is 1.62 bits per heavy atom. The number of fused-ring (bicyclic) bond motifs is 1. The molecule has 0 amide bonds. The molecule has 0 radical (unpaired) electrons. The number of anilines is 1. The van der Waals surface area contributed by atoms with E-state index in [-0.39, 0.29) is 0 Å². The van der Waals surface area contributed by atoms with Gasteiger partial charge in [-0.1, -0.05) is 0 Å². The zero-order chi connectivity index (χ0) is 9.10. The van der Waals surface area contributed by atoms with E-state index in [1.807, 2.05) is 12.3 Å². The molecule has 0 spiro atoms. The van der Waals surface area contributed by atoms with E-state index < -0.39 is 0 Å². The van der Waals surface area contributed by atoms with Crippen molar-refractivity contribution in [1.29, 1.82) is 0 Å². The number of H-pyrrole nitrogens is 1. The maximum absolute atomic E-state index is 4.23. The molecule has 0 aliphatic carbocycles. The zero-order valence-electron chi connectivity index (χ0n) is 7.15. The highest BCUT2D eigenvalue weighted by atomic mass is 15.1. The summed E-state index contributed by atoms with van der Waals surface area (Å²) in [5.41, 5.74) is 1.82. The van der Waals surface area contributed by atoms with Gasteiger partial charge in [0.15, 0.2) is 0 Å². The number of hydrogen-bond acceptors (Lipinski definition) is 3. The van der Waals surface area contributed by atoms with Gasteiger partial charge in [-0.15, -0.1) is 0 Å². The third-order valence-corrected chi connectivity index (χ3v) is 1.62. The highest BCUT2D eigenvalue weighted by molar-refractivity contribution is 5.78. The topological polar surface area (TPSA) is 66.0 Å². The van der Waals surface area contributed by atoms with Crippen molar-refractivity contribution in [1.82, 2.24) is 15.0 Å². The third-order valence-electron chi connectivity index (χ3n) is 1.62. The predicted molar refractivity (Wildman–Crippen MR) is 51.9 cm³/mol. The standard InChI is InChI=1S/C8H9N5/c1-9-5-12-8-11-4-7-6(13-8)2-3-10-7/h2-5,10H,1H3,(H,9,11,12,13). The molecule has 0 fully saturated rings. The van der Waals surface area contributed by atoms with Crippen LogP contribution < -0.4 is 5.32 Å². The van der Waals surface area contributed by atoms with Crippen LogP contribution >= 0.6 is 0 Å². The number of nitrogens with one attached hydrogen (secondary N) is 2. The van der Waals surface area contributed by atoms with Crippen LogP contribution in [0.3, 0.4) is 0 Å². The minimum Gasteiger partial charge on any atom is -0.359 e. The second-order valence-electron chi connectivity index (χ2n) is 2.50. The highest BCUT2D eigenvalue weighted by Gasteiger charge is 1.97. The summed E-state index contributed by atoms with van der Waals surface area (Å²) in [5, 5.41) is 2.85. The Hall–Kier alpha value is -1.91. The minimum absolute atomic E-state index is 0.553. The number of hydrogen-bond donors (Lipinski definition) is 2. The van der Waals surface area contributed by atoms with E-state index >= 15 is 0 Å². The number of aromatic nitrogens is 3. The van der Waals surface area contributed by atoms with Crippen molar-refractivity contribution in [2.24, 2.45) is 4.99 Å². The van der Waals surface area contributed by atoms with Crippen molar-refractivity contribution in [3.63, 3.8) is 0 Å². The number of nitrogens with zero attached hydrogens (tertiary/aromatic N) is 3. The predicted octanol–water partition coefficient (Wildman–Crippen LogP) is 1.03. The Morgan fingerprint density at radius 2 is 2.54 bits per heavy atom. The SMILES string of the molecule is CN=CNc1ncc2[nH]ccc2n1. The van der Waals surface area contributed by atoms with Crippen molar-refractivity contribution in [2.45, 2.75) is 0 Å². The van der Waals surface area contributed by atoms with Crippen molar-refractivity contribution in [2.75, 3.05) is 12.4 Å². The van der Waals surface area contributed by atoms with E-state index in [1.165, 1.54) is 0 Å². The first-order valence-corrected chi connectivity index (χ1v) is 3.87. The van der Waals surface area contributed by atoms with Gasteiger partial charge in [-0.05, 0) is 6.07 Å². The van der Waals surface area contributed by atoms with Crippen molar-refractivity contribution >= 4 is 23.3 Å². The third kappa shape index (κ3) is 1.48. The van der Waals surface area contributed by atoms with Crippen molar-refractivity contribution < 1.29 is 0 Å². The Bertz CT molecular complexity index is 431. The second kappa shape index (κ2) is 3.22. The second-order valence-corrected chi connectivity index (χ2v) is 2.50. The highest BCUT2D eigenvalue weighted by Crippen LogP contribution is 2.08. The van der Waals surface area contributed by atoms with Gasteiger partial charge in [0.25, 0.3) is 0 Å². The minimum atomic E-state index is 0.553. The lowest BCUT2D eigenvalue weighted by atomic mass is 10.5. The molecule has 2 heterocycles. The van der Waals surface area contributed by atoms with E-state index in [0.717, 1.165) is 11.0 Å². The fourth-order valence-electron chi connectivity index (χ4n) is 1.04. The molecule has 0 aliphatic rings. The molecule has 0 unspecified atom stereocenters. The Morgan fingerprint density at radius 3 is 3.38 bits per heavy atom. The van der Waals surface area contributed by atoms with Crippen LogP contribution in [-0.4, -0.2) is 28.3 Å². The molecule has 13 heavy (non-hydrogen) atoms. The Balaban J connectivity index is 2.36. The molecule has 5 heteroatoms. The average molecular weight is 175 g/mol. The van der Waals surface area contributed by atoms with Crippen molar-refractivity contribution in [3.05, 3.63) is 18.5 Å². The summed E-state index contributed by atoms with van der Waals surface area (Å²) in [5.74, 6) is 0.553. The molecule has 0 bridgehead atoms. The molecule has 0 aliphatic heterocycles. The molecule has 0 saturated carbocycles. The quantitative estimate of drug-likeness (QED) is 0.529. The van der Waals surface area contributed by atoms with Crippen LogP contribution in [0.5, 0.6) is 0 Å². The van der Waals surface area contributed by atoms with E-state index in [2.05, 4.69) is 25.3 Å². The fraction of sp³-hybridized carbons (Fsp3) is 0.125. The first-order chi connectivity index (χ1) is 6.40. The molecule has 0 saturated heterocycles. The van der Waals surface area contributed by atoms with Gasteiger partial charge in [0.05, 0.1) is 23.6 Å². The molecule has 2 aromatic heterocycles. The molecule has 66 valence electrons. The van der Waals surface area contributed by atoms with E-state index in [4.69, 9.17) is 0 Å². The lowest BCUT2D eigenvalue weighted by molar-refractivity contribution is 1.22. The number of aliphatic imine (C=N–C) groups is 1. The molecule has 2 aromatic rings. The molecule has 2 N–H and O–H groups in total. The van der Waals surface area contributed by atoms with Gasteiger partial charge < -0.3 is 10.3 Å². The van der Waals surface area contributed by atoms with E-state index in [1.54, 1.807) is 19.6 Å². The maximum Gasteiger partial charge on any atom is 0.228 e. The van der Waals surface area contributed by atoms with Gasteiger partial charge in [-0.25, -0.2) is 9.97 Å². The zero-order valence-corrected chi connectivity index (χ0v) is 7.15. The Kier molecular flexibility index (Phi) is 1.91. The Labute approximate surface area is 74.9 Å². The summed E-state index contributed by atoms with van der Waals surface area (Å²) in [6.07, 6.45) is 5.11. The van der Waals surface area contributed by atoms with Crippen molar-refractivity contribution in [3.8, 4) is 0 Å². The average Bonchev–Trinajstić information content (AvgIpc) is 2.61. The summed E-state index contributed by atoms with van der Waals surface area (Å²) in [6.45, 7) is 0. The first kappa shape index (κ1) is 7.72. The maximum atomic E-state index is 4.23. The van der Waals surface area contributed by atoms with Gasteiger partial charge in [0.1, 0.15) is 0 Å². The fourth-order valence-corrected chi connectivity index (χ4v) is 1.04. The molecule has 0 atom stereocenters. The van der Waals surface area contributed by atoms with Gasteiger partial charge in [0, 0.05) is 13.2 Å². The van der Waals surface area contributed by atoms with Crippen LogP contribution in [0, 0.1) is 0 Å². The molecular weight excluding hydrogens is 166 g/mol. The normalized spacial score (nSPS) is 11.2. The van der Waals surface area contributed by atoms with Gasteiger partial charge in [-0.2, -0.15) is 0 Å². The van der Waals surface area contributed by atoms with Crippen LogP contribution in [0.4, 0.5) is 5.95 Å². The lowest BCUT2D eigenvalue weighted by Gasteiger charge is -1.96. The molecular formula is C8H9N5. The summed E-state index contributed by atoms with van der Waals surface area (Å²) in [6, 6.07) is 1.89. The summed E-state index contributed by atoms with van der Waals surface area (Å²) >= 11 is 0. The summed E-state index contributed by atoms with van der Waals surface area (Å²) in [7, 11) is 1.68. The van der Waals surface area contributed by atoms with Gasteiger partial charge in [-0.3, -0.25) is 4.99 Å². The van der Waals surface area contributed by atoms with E-state index in [9.17, 15) is 0 Å². The molecule has 5 nitrogen and oxygen atoms in total. The summed E-state index contributed by atoms with van der Waals surface area (Å²) < 4.78 is 0. The van der Waals surface area contributed by atoms with E-state index in [0.29, 0.717) is 5.95 Å². The van der Waals surface area contributed by atoms with Crippen LogP contribution in [0.15, 0.2) is 23.5 Å².